The van der Waals surface area contributed by atoms with Crippen molar-refractivity contribution in [2.45, 2.75) is 26.3 Å². The van der Waals surface area contributed by atoms with Gasteiger partial charge in [0.15, 0.2) is 6.61 Å². The van der Waals surface area contributed by atoms with Crippen LogP contribution < -0.4 is 10.1 Å². The number of ether oxygens (including phenoxy) is 1. The van der Waals surface area contributed by atoms with Gasteiger partial charge in [-0.2, -0.15) is 0 Å². The zero-order valence-corrected chi connectivity index (χ0v) is 14.8. The Morgan fingerprint density at radius 2 is 1.88 bits per heavy atom. The molecule has 2 aromatic carbocycles. The average molecular weight is 351 g/mol. The third kappa shape index (κ3) is 4.44. The highest BCUT2D eigenvalue weighted by atomic mass is 16.5. The molecule has 3 aromatic rings. The monoisotopic (exact) mass is 351 g/mol. The smallest absolute Gasteiger partial charge is 0.258 e. The standard InChI is InChI=1S/C19H21N5O2/c1-3-15-4-6-16(7-5-15)14(2)21-19(25)12-26-18-10-8-17(9-11-18)24-13-20-22-23-24/h4-11,13-14H,3,12H2,1-2H3,(H,21,25). The minimum atomic E-state index is -0.165. The van der Waals surface area contributed by atoms with Gasteiger partial charge in [0.2, 0.25) is 0 Å². The van der Waals surface area contributed by atoms with Crippen LogP contribution in [0.3, 0.4) is 0 Å². The van der Waals surface area contributed by atoms with Crippen LogP contribution in [0.5, 0.6) is 5.75 Å². The first-order valence-electron chi connectivity index (χ1n) is 8.50. The number of tetrazole rings is 1. The summed E-state index contributed by atoms with van der Waals surface area (Å²) in [7, 11) is 0. The summed E-state index contributed by atoms with van der Waals surface area (Å²) in [5, 5.41) is 13.9. The van der Waals surface area contributed by atoms with Crippen LogP contribution in [-0.4, -0.2) is 32.7 Å². The first kappa shape index (κ1) is 17.6. The van der Waals surface area contributed by atoms with Gasteiger partial charge in [0, 0.05) is 0 Å². The number of hydrogen-bond donors (Lipinski definition) is 1. The molecule has 1 atom stereocenters. The summed E-state index contributed by atoms with van der Waals surface area (Å²) in [5.41, 5.74) is 3.16. The highest BCUT2D eigenvalue weighted by Gasteiger charge is 2.10. The van der Waals surface area contributed by atoms with Crippen LogP contribution in [0.1, 0.15) is 31.0 Å². The molecule has 0 saturated carbocycles. The van der Waals surface area contributed by atoms with Gasteiger partial charge in [-0.3, -0.25) is 4.79 Å². The number of nitrogens with one attached hydrogen (secondary N) is 1. The topological polar surface area (TPSA) is 81.9 Å². The van der Waals surface area contributed by atoms with Gasteiger partial charge in [0.25, 0.3) is 5.91 Å². The van der Waals surface area contributed by atoms with E-state index in [4.69, 9.17) is 4.74 Å². The Kier molecular flexibility index (Phi) is 5.58. The highest BCUT2D eigenvalue weighted by Crippen LogP contribution is 2.15. The van der Waals surface area contributed by atoms with Crippen molar-refractivity contribution in [1.82, 2.24) is 25.5 Å². The molecule has 0 aliphatic heterocycles. The quantitative estimate of drug-likeness (QED) is 0.707. The van der Waals surface area contributed by atoms with Crippen LogP contribution in [0.25, 0.3) is 5.69 Å². The van der Waals surface area contributed by atoms with Crippen molar-refractivity contribution in [2.75, 3.05) is 6.61 Å². The van der Waals surface area contributed by atoms with E-state index in [-0.39, 0.29) is 18.6 Å². The van der Waals surface area contributed by atoms with Gasteiger partial charge >= 0.3 is 0 Å². The second-order valence-corrected chi connectivity index (χ2v) is 5.92. The van der Waals surface area contributed by atoms with Crippen LogP contribution in [0.15, 0.2) is 54.9 Å². The predicted octanol–water partition coefficient (Wildman–Crippen LogP) is 2.48. The first-order valence-corrected chi connectivity index (χ1v) is 8.50. The first-order chi connectivity index (χ1) is 12.7. The van der Waals surface area contributed by atoms with Gasteiger partial charge in [0.1, 0.15) is 12.1 Å². The summed E-state index contributed by atoms with van der Waals surface area (Å²) in [6.45, 7) is 4.04. The zero-order valence-electron chi connectivity index (χ0n) is 14.8. The molecule has 1 unspecified atom stereocenters. The average Bonchev–Trinajstić information content (AvgIpc) is 3.21. The normalized spacial score (nSPS) is 11.8. The summed E-state index contributed by atoms with van der Waals surface area (Å²) in [6.07, 6.45) is 2.51. The molecule has 1 aromatic heterocycles. The number of hydrogen-bond acceptors (Lipinski definition) is 5. The van der Waals surface area contributed by atoms with E-state index < -0.39 is 0 Å². The van der Waals surface area contributed by atoms with Gasteiger partial charge in [0.05, 0.1) is 11.7 Å². The van der Waals surface area contributed by atoms with E-state index in [1.807, 2.05) is 31.2 Å². The fourth-order valence-corrected chi connectivity index (χ4v) is 2.53. The maximum atomic E-state index is 12.1. The lowest BCUT2D eigenvalue weighted by atomic mass is 10.1. The van der Waals surface area contributed by atoms with E-state index >= 15 is 0 Å². The second-order valence-electron chi connectivity index (χ2n) is 5.92. The lowest BCUT2D eigenvalue weighted by molar-refractivity contribution is -0.123. The van der Waals surface area contributed by atoms with Crippen molar-refractivity contribution in [2.24, 2.45) is 0 Å². The highest BCUT2D eigenvalue weighted by molar-refractivity contribution is 5.78. The lowest BCUT2D eigenvalue weighted by Crippen LogP contribution is -2.31. The summed E-state index contributed by atoms with van der Waals surface area (Å²) >= 11 is 0. The Morgan fingerprint density at radius 3 is 2.50 bits per heavy atom. The molecule has 0 bridgehead atoms. The number of amides is 1. The van der Waals surface area contributed by atoms with Crippen LogP contribution in [0.4, 0.5) is 0 Å². The number of carbonyl (C=O) groups is 1. The third-order valence-corrected chi connectivity index (χ3v) is 4.09. The third-order valence-electron chi connectivity index (χ3n) is 4.09. The SMILES string of the molecule is CCc1ccc(C(C)NC(=O)COc2ccc(-n3cnnn3)cc2)cc1. The predicted molar refractivity (Wildman–Crippen MR) is 97.0 cm³/mol. The molecule has 1 N–H and O–H groups in total. The van der Waals surface area contributed by atoms with Crippen molar-refractivity contribution in [3.63, 3.8) is 0 Å². The molecular formula is C19H21N5O2. The van der Waals surface area contributed by atoms with Crippen molar-refractivity contribution in [3.8, 4) is 11.4 Å². The van der Waals surface area contributed by atoms with Gasteiger partial charge < -0.3 is 10.1 Å². The molecule has 7 nitrogen and oxygen atoms in total. The minimum Gasteiger partial charge on any atom is -0.484 e. The molecular weight excluding hydrogens is 330 g/mol. The largest absolute Gasteiger partial charge is 0.484 e. The van der Waals surface area contributed by atoms with Crippen molar-refractivity contribution in [3.05, 3.63) is 66.0 Å². The molecule has 1 amide bonds. The van der Waals surface area contributed by atoms with Gasteiger partial charge in [-0.15, -0.1) is 5.10 Å². The Bertz CT molecular complexity index is 829. The molecule has 0 fully saturated rings. The van der Waals surface area contributed by atoms with Gasteiger partial charge in [-0.25, -0.2) is 4.68 Å². The van der Waals surface area contributed by atoms with Gasteiger partial charge in [-0.05, 0) is 59.2 Å². The number of aromatic nitrogens is 4. The number of rotatable bonds is 7. The molecule has 134 valence electrons. The van der Waals surface area contributed by atoms with Crippen molar-refractivity contribution in [1.29, 1.82) is 0 Å². The molecule has 3 rings (SSSR count). The molecule has 1 heterocycles. The molecule has 0 saturated heterocycles. The zero-order chi connectivity index (χ0) is 18.4. The molecule has 0 aliphatic carbocycles. The van der Waals surface area contributed by atoms with Crippen LogP contribution in [-0.2, 0) is 11.2 Å². The van der Waals surface area contributed by atoms with E-state index in [1.165, 1.54) is 11.9 Å². The number of aryl methyl sites for hydroxylation is 1. The number of benzene rings is 2. The van der Waals surface area contributed by atoms with Crippen LogP contribution >= 0.6 is 0 Å². The number of carbonyl (C=O) groups excluding carboxylic acids is 1. The van der Waals surface area contributed by atoms with Crippen LogP contribution in [0.2, 0.25) is 0 Å². The van der Waals surface area contributed by atoms with Crippen LogP contribution in [0, 0.1) is 0 Å². The Balaban J connectivity index is 1.50. The second kappa shape index (κ2) is 8.24. The fourth-order valence-electron chi connectivity index (χ4n) is 2.53. The van der Waals surface area contributed by atoms with Gasteiger partial charge in [-0.1, -0.05) is 31.2 Å². The lowest BCUT2D eigenvalue weighted by Gasteiger charge is -2.15. The van der Waals surface area contributed by atoms with E-state index in [9.17, 15) is 4.79 Å². The maximum absolute atomic E-state index is 12.1. The van der Waals surface area contributed by atoms with E-state index in [1.54, 1.807) is 16.8 Å². The maximum Gasteiger partial charge on any atom is 0.258 e. The molecule has 0 radical (unpaired) electrons. The summed E-state index contributed by atoms with van der Waals surface area (Å²) < 4.78 is 7.08. The molecule has 26 heavy (non-hydrogen) atoms. The molecule has 7 heteroatoms. The summed E-state index contributed by atoms with van der Waals surface area (Å²) in [5.74, 6) is 0.443. The fraction of sp³-hybridized carbons (Fsp3) is 0.263. The van der Waals surface area contributed by atoms with Crippen molar-refractivity contribution < 1.29 is 9.53 Å². The van der Waals surface area contributed by atoms with Crippen molar-refractivity contribution >= 4 is 5.91 Å². The Hall–Kier alpha value is -3.22. The van der Waals surface area contributed by atoms with E-state index in [0.717, 1.165) is 17.7 Å². The Labute approximate surface area is 152 Å². The minimum absolute atomic E-state index is 0.0401. The number of nitrogens with zero attached hydrogens (tertiary/aromatic N) is 4. The van der Waals surface area contributed by atoms with E-state index in [0.29, 0.717) is 5.75 Å². The van der Waals surface area contributed by atoms with E-state index in [2.05, 4.69) is 39.9 Å². The molecule has 0 spiro atoms. The summed E-state index contributed by atoms with van der Waals surface area (Å²) in [4.78, 5) is 12.1. The Morgan fingerprint density at radius 1 is 1.15 bits per heavy atom. The molecule has 0 aliphatic rings. The summed E-state index contributed by atoms with van der Waals surface area (Å²) in [6, 6.07) is 15.4.